The Bertz CT molecular complexity index is 66.3. The summed E-state index contributed by atoms with van der Waals surface area (Å²) in [5.41, 5.74) is 5.48. The van der Waals surface area contributed by atoms with Crippen molar-refractivity contribution in [1.29, 1.82) is 0 Å². The fourth-order valence-electron chi connectivity index (χ4n) is 0.857. The summed E-state index contributed by atoms with van der Waals surface area (Å²) in [5, 5.41) is 0. The Balaban J connectivity index is 2.89. The molecule has 0 spiro atoms. The Hall–Kier alpha value is 0.310. The number of rotatable bonds is 6. The lowest BCUT2D eigenvalue weighted by molar-refractivity contribution is 0.517. The molecular weight excluding hydrogens is 142 g/mol. The summed E-state index contributed by atoms with van der Waals surface area (Å²) in [7, 11) is 0. The molecule has 1 atom stereocenters. The van der Waals surface area contributed by atoms with Crippen LogP contribution in [0.4, 0.5) is 0 Å². The van der Waals surface area contributed by atoms with Crippen LogP contribution in [0.25, 0.3) is 0 Å². The van der Waals surface area contributed by atoms with Gasteiger partial charge in [-0.05, 0) is 37.3 Å². The average Bonchev–Trinajstić information content (AvgIpc) is 1.98. The van der Waals surface area contributed by atoms with Gasteiger partial charge in [-0.3, -0.25) is 0 Å². The fourth-order valence-corrected chi connectivity index (χ4v) is 1.35. The first-order chi connectivity index (χ1) is 4.81. The van der Waals surface area contributed by atoms with Crippen LogP contribution >= 0.6 is 11.8 Å². The van der Waals surface area contributed by atoms with E-state index in [-0.39, 0.29) is 0 Å². The average molecular weight is 161 g/mol. The first-order valence-electron chi connectivity index (χ1n) is 4.00. The normalized spacial score (nSPS) is 13.5. The van der Waals surface area contributed by atoms with E-state index in [2.05, 4.69) is 13.2 Å². The van der Waals surface area contributed by atoms with Crippen LogP contribution in [0.15, 0.2) is 0 Å². The van der Waals surface area contributed by atoms with Gasteiger partial charge in [0.15, 0.2) is 0 Å². The standard InChI is InChI=1S/C8H19NS/c1-8(7-9)5-3-4-6-10-2/h8H,3-7,9H2,1-2H3. The minimum atomic E-state index is 0.724. The predicted molar refractivity (Wildman–Crippen MR) is 50.5 cm³/mol. The topological polar surface area (TPSA) is 26.0 Å². The lowest BCUT2D eigenvalue weighted by Crippen LogP contribution is -2.10. The molecule has 0 rings (SSSR count). The van der Waals surface area contributed by atoms with Crippen molar-refractivity contribution < 1.29 is 0 Å². The number of hydrogen-bond acceptors (Lipinski definition) is 2. The summed E-state index contributed by atoms with van der Waals surface area (Å²) >= 11 is 1.93. The Morgan fingerprint density at radius 2 is 2.10 bits per heavy atom. The summed E-state index contributed by atoms with van der Waals surface area (Å²) in [6, 6.07) is 0. The minimum Gasteiger partial charge on any atom is -0.330 e. The van der Waals surface area contributed by atoms with Crippen LogP contribution in [0.2, 0.25) is 0 Å². The highest BCUT2D eigenvalue weighted by Crippen LogP contribution is 2.08. The second kappa shape index (κ2) is 7.42. The Labute approximate surface area is 68.8 Å². The van der Waals surface area contributed by atoms with Crippen LogP contribution in [-0.2, 0) is 0 Å². The van der Waals surface area contributed by atoms with Crippen LogP contribution < -0.4 is 5.73 Å². The summed E-state index contributed by atoms with van der Waals surface area (Å²) < 4.78 is 0. The highest BCUT2D eigenvalue weighted by Gasteiger charge is 1.96. The molecule has 10 heavy (non-hydrogen) atoms. The van der Waals surface area contributed by atoms with Crippen molar-refractivity contribution in [3.63, 3.8) is 0 Å². The molecule has 1 nitrogen and oxygen atoms in total. The van der Waals surface area contributed by atoms with Gasteiger partial charge in [-0.1, -0.05) is 13.3 Å². The monoisotopic (exact) mass is 161 g/mol. The lowest BCUT2D eigenvalue weighted by atomic mass is 10.1. The molecule has 0 aromatic rings. The lowest BCUT2D eigenvalue weighted by Gasteiger charge is -2.06. The molecule has 1 unspecified atom stereocenters. The van der Waals surface area contributed by atoms with E-state index in [1.807, 2.05) is 11.8 Å². The van der Waals surface area contributed by atoms with Crippen molar-refractivity contribution in [2.45, 2.75) is 26.2 Å². The van der Waals surface area contributed by atoms with E-state index in [1.54, 1.807) is 0 Å². The molecule has 62 valence electrons. The molecule has 0 aromatic carbocycles. The smallest absolute Gasteiger partial charge is 0.00515 e. The zero-order chi connectivity index (χ0) is 7.82. The summed E-state index contributed by atoms with van der Waals surface area (Å²) in [6.07, 6.45) is 6.16. The van der Waals surface area contributed by atoms with E-state index in [4.69, 9.17) is 5.73 Å². The molecule has 0 bridgehead atoms. The molecule has 0 aliphatic rings. The molecule has 0 heterocycles. The molecule has 0 saturated carbocycles. The SMILES string of the molecule is CSCCCCC(C)CN. The van der Waals surface area contributed by atoms with Gasteiger partial charge in [0.2, 0.25) is 0 Å². The van der Waals surface area contributed by atoms with E-state index >= 15 is 0 Å². The van der Waals surface area contributed by atoms with Gasteiger partial charge in [-0.2, -0.15) is 11.8 Å². The van der Waals surface area contributed by atoms with E-state index in [0.717, 1.165) is 12.5 Å². The third-order valence-electron chi connectivity index (χ3n) is 1.70. The molecule has 0 saturated heterocycles. The van der Waals surface area contributed by atoms with Crippen molar-refractivity contribution in [1.82, 2.24) is 0 Å². The third kappa shape index (κ3) is 6.43. The zero-order valence-electron chi connectivity index (χ0n) is 7.10. The summed E-state index contributed by atoms with van der Waals surface area (Å²) in [5.74, 6) is 2.03. The Morgan fingerprint density at radius 1 is 1.40 bits per heavy atom. The molecule has 0 radical (unpaired) electrons. The summed E-state index contributed by atoms with van der Waals surface area (Å²) in [6.45, 7) is 3.07. The molecule has 0 amide bonds. The van der Waals surface area contributed by atoms with Gasteiger partial charge in [0.05, 0.1) is 0 Å². The minimum absolute atomic E-state index is 0.724. The third-order valence-corrected chi connectivity index (χ3v) is 2.39. The first-order valence-corrected chi connectivity index (χ1v) is 5.39. The van der Waals surface area contributed by atoms with E-state index in [1.165, 1.54) is 25.0 Å². The second-order valence-electron chi connectivity index (χ2n) is 2.83. The van der Waals surface area contributed by atoms with Gasteiger partial charge in [-0.15, -0.1) is 0 Å². The molecular formula is C8H19NS. The van der Waals surface area contributed by atoms with Crippen LogP contribution in [0.3, 0.4) is 0 Å². The first kappa shape index (κ1) is 10.3. The maximum absolute atomic E-state index is 5.48. The van der Waals surface area contributed by atoms with E-state index in [0.29, 0.717) is 0 Å². The maximum Gasteiger partial charge on any atom is -0.00515 e. The largest absolute Gasteiger partial charge is 0.330 e. The second-order valence-corrected chi connectivity index (χ2v) is 3.82. The van der Waals surface area contributed by atoms with Crippen molar-refractivity contribution in [3.8, 4) is 0 Å². The van der Waals surface area contributed by atoms with Gasteiger partial charge in [0, 0.05) is 0 Å². The van der Waals surface area contributed by atoms with Crippen molar-refractivity contribution in [2.75, 3.05) is 18.6 Å². The Kier molecular flexibility index (Phi) is 7.65. The van der Waals surface area contributed by atoms with Gasteiger partial charge in [0.25, 0.3) is 0 Å². The van der Waals surface area contributed by atoms with Crippen molar-refractivity contribution in [3.05, 3.63) is 0 Å². The molecule has 2 heteroatoms. The zero-order valence-corrected chi connectivity index (χ0v) is 7.91. The van der Waals surface area contributed by atoms with Crippen molar-refractivity contribution in [2.24, 2.45) is 11.7 Å². The quantitative estimate of drug-likeness (QED) is 0.604. The summed E-state index contributed by atoms with van der Waals surface area (Å²) in [4.78, 5) is 0. The maximum atomic E-state index is 5.48. The highest BCUT2D eigenvalue weighted by atomic mass is 32.2. The van der Waals surface area contributed by atoms with E-state index in [9.17, 15) is 0 Å². The molecule has 0 aliphatic heterocycles. The number of thioether (sulfide) groups is 1. The van der Waals surface area contributed by atoms with Crippen LogP contribution in [0.1, 0.15) is 26.2 Å². The number of hydrogen-bond donors (Lipinski definition) is 1. The fraction of sp³-hybridized carbons (Fsp3) is 1.00. The molecule has 0 aromatic heterocycles. The highest BCUT2D eigenvalue weighted by molar-refractivity contribution is 7.98. The van der Waals surface area contributed by atoms with Crippen LogP contribution in [-0.4, -0.2) is 18.6 Å². The van der Waals surface area contributed by atoms with Gasteiger partial charge >= 0.3 is 0 Å². The molecule has 2 N–H and O–H groups in total. The predicted octanol–water partition coefficient (Wildman–Crippen LogP) is 2.11. The number of nitrogens with two attached hydrogens (primary N) is 1. The van der Waals surface area contributed by atoms with Crippen molar-refractivity contribution >= 4 is 11.8 Å². The number of unbranched alkanes of at least 4 members (excludes halogenated alkanes) is 1. The van der Waals surface area contributed by atoms with Gasteiger partial charge in [0.1, 0.15) is 0 Å². The van der Waals surface area contributed by atoms with Gasteiger partial charge in [-0.25, -0.2) is 0 Å². The van der Waals surface area contributed by atoms with Crippen LogP contribution in [0.5, 0.6) is 0 Å². The van der Waals surface area contributed by atoms with Crippen LogP contribution in [0, 0.1) is 5.92 Å². The molecule has 0 aliphatic carbocycles. The van der Waals surface area contributed by atoms with E-state index < -0.39 is 0 Å². The van der Waals surface area contributed by atoms with Gasteiger partial charge < -0.3 is 5.73 Å². The molecule has 0 fully saturated rings. The Morgan fingerprint density at radius 3 is 2.60 bits per heavy atom.